The third kappa shape index (κ3) is 4.02. The summed E-state index contributed by atoms with van der Waals surface area (Å²) in [7, 11) is 0. The Morgan fingerprint density at radius 3 is 2.92 bits per heavy atom. The number of hydrogen-bond donors (Lipinski definition) is 1. The lowest BCUT2D eigenvalue weighted by atomic mass is 10.1. The average molecular weight is 373 g/mol. The number of ether oxygens (including phenoxy) is 1. The molecule has 26 heavy (non-hydrogen) atoms. The number of fused-ring (bicyclic) bond motifs is 1. The van der Waals surface area contributed by atoms with Crippen LogP contribution in [-0.4, -0.2) is 23.3 Å². The van der Waals surface area contributed by atoms with Gasteiger partial charge < -0.3 is 9.72 Å². The van der Waals surface area contributed by atoms with Gasteiger partial charge in [-0.25, -0.2) is 4.39 Å². The predicted octanol–water partition coefficient (Wildman–Crippen LogP) is 5.34. The van der Waals surface area contributed by atoms with Gasteiger partial charge in [-0.15, -0.1) is 11.3 Å². The van der Waals surface area contributed by atoms with Crippen molar-refractivity contribution < 1.29 is 18.7 Å². The number of rotatable bonds is 8. The molecule has 0 aliphatic carbocycles. The Hall–Kier alpha value is -2.47. The van der Waals surface area contributed by atoms with Crippen LogP contribution in [0.2, 0.25) is 0 Å². The van der Waals surface area contributed by atoms with Crippen molar-refractivity contribution in [1.82, 2.24) is 4.98 Å². The number of unbranched alkanes of at least 4 members (excludes halogenated alkanes) is 1. The number of carbonyl (C=O) groups is 2. The largest absolute Gasteiger partial charge is 0.466 e. The van der Waals surface area contributed by atoms with Crippen LogP contribution in [0.15, 0.2) is 35.8 Å². The second-order valence-electron chi connectivity index (χ2n) is 6.06. The van der Waals surface area contributed by atoms with E-state index in [-0.39, 0.29) is 30.4 Å². The molecule has 0 aliphatic heterocycles. The molecule has 0 atom stereocenters. The van der Waals surface area contributed by atoms with Crippen molar-refractivity contribution in [1.29, 1.82) is 0 Å². The Morgan fingerprint density at radius 2 is 2.12 bits per heavy atom. The van der Waals surface area contributed by atoms with Gasteiger partial charge >= 0.3 is 5.97 Å². The third-order valence-electron chi connectivity index (χ3n) is 4.17. The first-order valence-corrected chi connectivity index (χ1v) is 9.51. The summed E-state index contributed by atoms with van der Waals surface area (Å²) in [5.74, 6) is -0.725. The summed E-state index contributed by atoms with van der Waals surface area (Å²) < 4.78 is 18.9. The minimum atomic E-state index is -0.337. The number of thiophene rings is 1. The minimum Gasteiger partial charge on any atom is -0.466 e. The molecule has 0 fully saturated rings. The molecule has 3 rings (SSSR count). The minimum absolute atomic E-state index is 0.0836. The number of carbonyl (C=O) groups excluding carboxylic acids is 2. The zero-order valence-corrected chi connectivity index (χ0v) is 15.3. The topological polar surface area (TPSA) is 59.2 Å². The van der Waals surface area contributed by atoms with Crippen molar-refractivity contribution in [2.24, 2.45) is 0 Å². The summed E-state index contributed by atoms with van der Waals surface area (Å²) in [6.07, 6.45) is 3.76. The number of nitrogens with one attached hydrogen (secondary N) is 1. The summed E-state index contributed by atoms with van der Waals surface area (Å²) in [5.41, 5.74) is 2.17. The van der Waals surface area contributed by atoms with Crippen LogP contribution >= 0.6 is 11.3 Å². The molecule has 0 saturated heterocycles. The summed E-state index contributed by atoms with van der Waals surface area (Å²) in [5, 5.41) is 2.65. The molecule has 1 N–H and O–H groups in total. The average Bonchev–Trinajstić information content (AvgIpc) is 3.27. The van der Waals surface area contributed by atoms with Crippen molar-refractivity contribution in [2.75, 3.05) is 6.61 Å². The van der Waals surface area contributed by atoms with Gasteiger partial charge in [0.2, 0.25) is 0 Å². The summed E-state index contributed by atoms with van der Waals surface area (Å²) in [4.78, 5) is 27.5. The lowest BCUT2D eigenvalue weighted by molar-refractivity contribution is -0.143. The van der Waals surface area contributed by atoms with E-state index >= 15 is 0 Å². The van der Waals surface area contributed by atoms with E-state index in [0.717, 1.165) is 29.4 Å². The summed E-state index contributed by atoms with van der Waals surface area (Å²) in [6, 6.07) is 6.71. The maximum absolute atomic E-state index is 13.8. The van der Waals surface area contributed by atoms with E-state index in [1.54, 1.807) is 18.3 Å². The Morgan fingerprint density at radius 1 is 1.27 bits per heavy atom. The van der Waals surface area contributed by atoms with Crippen LogP contribution in [0.25, 0.3) is 22.0 Å². The van der Waals surface area contributed by atoms with E-state index in [0.29, 0.717) is 17.0 Å². The molecule has 6 heteroatoms. The molecule has 0 saturated carbocycles. The van der Waals surface area contributed by atoms with Crippen molar-refractivity contribution in [3.05, 3.63) is 46.5 Å². The van der Waals surface area contributed by atoms with Gasteiger partial charge in [-0.3, -0.25) is 9.59 Å². The van der Waals surface area contributed by atoms with E-state index in [2.05, 4.69) is 4.98 Å². The first-order valence-electron chi connectivity index (χ1n) is 8.63. The highest BCUT2D eigenvalue weighted by Crippen LogP contribution is 2.33. The van der Waals surface area contributed by atoms with Gasteiger partial charge in [-0.2, -0.15) is 0 Å². The van der Waals surface area contributed by atoms with E-state index in [4.69, 9.17) is 4.74 Å². The zero-order chi connectivity index (χ0) is 18.5. The van der Waals surface area contributed by atoms with E-state index in [9.17, 15) is 14.0 Å². The molecule has 0 amide bonds. The molecule has 1 aromatic carbocycles. The second-order valence-corrected chi connectivity index (χ2v) is 6.97. The molecule has 0 aliphatic rings. The third-order valence-corrected chi connectivity index (χ3v) is 5.14. The Bertz CT molecular complexity index is 928. The molecule has 0 spiro atoms. The molecular formula is C20H20FNO3S. The molecule has 136 valence electrons. The first-order chi connectivity index (χ1) is 12.6. The molecule has 0 bridgehead atoms. The van der Waals surface area contributed by atoms with Crippen molar-refractivity contribution in [3.63, 3.8) is 0 Å². The Kier molecular flexibility index (Phi) is 5.83. The SMILES string of the molecule is CCCCOC(=O)CCC(=O)c1cc(-c2c[nH]c3c(F)cccc23)cs1. The number of para-hydroxylation sites is 1. The highest BCUT2D eigenvalue weighted by molar-refractivity contribution is 7.12. The number of aromatic amines is 1. The Labute approximate surface area is 155 Å². The lowest BCUT2D eigenvalue weighted by Gasteiger charge is -2.02. The van der Waals surface area contributed by atoms with Gasteiger partial charge in [0.25, 0.3) is 0 Å². The summed E-state index contributed by atoms with van der Waals surface area (Å²) in [6.45, 7) is 2.43. The molecule has 2 heterocycles. The fraction of sp³-hybridized carbons (Fsp3) is 0.300. The molecule has 3 aromatic rings. The zero-order valence-electron chi connectivity index (χ0n) is 14.5. The molecular weight excluding hydrogens is 353 g/mol. The van der Waals surface area contributed by atoms with Crippen LogP contribution in [-0.2, 0) is 9.53 Å². The predicted molar refractivity (Wildman–Crippen MR) is 101 cm³/mol. The first kappa shape index (κ1) is 18.3. The fourth-order valence-corrected chi connectivity index (χ4v) is 3.60. The Balaban J connectivity index is 1.66. The van der Waals surface area contributed by atoms with Crippen molar-refractivity contribution in [3.8, 4) is 11.1 Å². The van der Waals surface area contributed by atoms with E-state index in [1.165, 1.54) is 17.4 Å². The number of esters is 1. The number of halogens is 1. The lowest BCUT2D eigenvalue weighted by Crippen LogP contribution is -2.08. The number of H-pyrrole nitrogens is 1. The normalized spacial score (nSPS) is 11.0. The maximum Gasteiger partial charge on any atom is 0.306 e. The smallest absolute Gasteiger partial charge is 0.306 e. The highest BCUT2D eigenvalue weighted by Gasteiger charge is 2.15. The van der Waals surface area contributed by atoms with Crippen molar-refractivity contribution in [2.45, 2.75) is 32.6 Å². The van der Waals surface area contributed by atoms with Crippen LogP contribution in [0.3, 0.4) is 0 Å². The number of hydrogen-bond acceptors (Lipinski definition) is 4. The monoisotopic (exact) mass is 373 g/mol. The molecule has 2 aromatic heterocycles. The van der Waals surface area contributed by atoms with E-state index < -0.39 is 0 Å². The fourth-order valence-electron chi connectivity index (χ4n) is 2.72. The van der Waals surface area contributed by atoms with Crippen LogP contribution in [0, 0.1) is 5.82 Å². The van der Waals surface area contributed by atoms with Crippen molar-refractivity contribution >= 4 is 34.0 Å². The van der Waals surface area contributed by atoms with Crippen LogP contribution in [0.4, 0.5) is 4.39 Å². The quantitative estimate of drug-likeness (QED) is 0.329. The van der Waals surface area contributed by atoms with Gasteiger partial charge in [0, 0.05) is 23.6 Å². The number of benzene rings is 1. The van der Waals surface area contributed by atoms with Crippen LogP contribution < -0.4 is 0 Å². The van der Waals surface area contributed by atoms with Gasteiger partial charge in [-0.05, 0) is 29.5 Å². The molecule has 4 nitrogen and oxygen atoms in total. The number of Topliss-reactive ketones (excluding diaryl/α,β-unsaturated/α-hetero) is 1. The van der Waals surface area contributed by atoms with Gasteiger partial charge in [-0.1, -0.05) is 25.5 Å². The van der Waals surface area contributed by atoms with Gasteiger partial charge in [0.1, 0.15) is 5.82 Å². The second kappa shape index (κ2) is 8.27. The maximum atomic E-state index is 13.8. The molecule has 0 unspecified atom stereocenters. The number of aromatic nitrogens is 1. The van der Waals surface area contributed by atoms with Crippen LogP contribution in [0.1, 0.15) is 42.3 Å². The summed E-state index contributed by atoms with van der Waals surface area (Å²) >= 11 is 1.33. The van der Waals surface area contributed by atoms with Gasteiger partial charge in [0.15, 0.2) is 5.78 Å². The van der Waals surface area contributed by atoms with Gasteiger partial charge in [0.05, 0.1) is 23.4 Å². The highest BCUT2D eigenvalue weighted by atomic mass is 32.1. The van der Waals surface area contributed by atoms with Crippen LogP contribution in [0.5, 0.6) is 0 Å². The van der Waals surface area contributed by atoms with E-state index in [1.807, 2.05) is 18.4 Å². The standard InChI is InChI=1S/C20H20FNO3S/c1-2-3-9-25-19(24)8-7-17(23)18-10-13(12-26-18)15-11-22-20-14(15)5-4-6-16(20)21/h4-6,10-12,22H,2-3,7-9H2,1H3. The molecule has 0 radical (unpaired) electrons. The number of ketones is 1.